The van der Waals surface area contributed by atoms with E-state index in [9.17, 15) is 14.9 Å². The maximum atomic E-state index is 11.9. The van der Waals surface area contributed by atoms with Crippen LogP contribution in [0, 0.1) is 15.5 Å². The topological polar surface area (TPSA) is 98.3 Å². The Bertz CT molecular complexity index is 541. The average Bonchev–Trinajstić information content (AvgIpc) is 2.28. The number of hydrogen-bond acceptors (Lipinski definition) is 4. The molecule has 7 heteroatoms. The molecule has 1 aromatic carbocycles. The number of amides is 1. The zero-order chi connectivity index (χ0) is 16.2. The van der Waals surface area contributed by atoms with Crippen molar-refractivity contribution in [1.29, 1.82) is 0 Å². The third-order valence-corrected chi connectivity index (χ3v) is 3.42. The number of nitrogens with one attached hydrogen (secondary N) is 1. The van der Waals surface area contributed by atoms with E-state index in [1.165, 1.54) is 12.1 Å². The minimum Gasteiger partial charge on any atom is -0.327 e. The van der Waals surface area contributed by atoms with Crippen molar-refractivity contribution < 1.29 is 9.72 Å². The highest BCUT2D eigenvalue weighted by atomic mass is 79.9. The van der Waals surface area contributed by atoms with Crippen molar-refractivity contribution in [3.63, 3.8) is 0 Å². The number of anilines is 1. The van der Waals surface area contributed by atoms with E-state index >= 15 is 0 Å². The fourth-order valence-electron chi connectivity index (χ4n) is 2.04. The molecule has 1 aromatic rings. The van der Waals surface area contributed by atoms with Crippen molar-refractivity contribution in [3.05, 3.63) is 32.8 Å². The van der Waals surface area contributed by atoms with Gasteiger partial charge in [0.2, 0.25) is 5.91 Å². The van der Waals surface area contributed by atoms with Gasteiger partial charge >= 0.3 is 0 Å². The average molecular weight is 358 g/mol. The van der Waals surface area contributed by atoms with Crippen molar-refractivity contribution in [2.24, 2.45) is 11.1 Å². The summed E-state index contributed by atoms with van der Waals surface area (Å²) in [5.74, 6) is -0.247. The number of nitro benzene ring substituents is 1. The zero-order valence-electron chi connectivity index (χ0n) is 12.4. The molecule has 0 radical (unpaired) electrons. The van der Waals surface area contributed by atoms with Crippen molar-refractivity contribution in [2.45, 2.75) is 39.7 Å². The first kappa shape index (κ1) is 17.6. The highest BCUT2D eigenvalue weighted by Crippen LogP contribution is 2.28. The van der Waals surface area contributed by atoms with Gasteiger partial charge in [0.1, 0.15) is 0 Å². The molecule has 0 aliphatic heterocycles. The quantitative estimate of drug-likeness (QED) is 0.622. The number of nitrogens with two attached hydrogens (primary N) is 1. The molecule has 1 rings (SSSR count). The van der Waals surface area contributed by atoms with Crippen LogP contribution in [0.2, 0.25) is 0 Å². The highest BCUT2D eigenvalue weighted by Gasteiger charge is 2.19. The summed E-state index contributed by atoms with van der Waals surface area (Å²) in [6.07, 6.45) is 0.905. The Morgan fingerprint density at radius 2 is 2.10 bits per heavy atom. The molecule has 1 atom stereocenters. The van der Waals surface area contributed by atoms with Crippen LogP contribution >= 0.6 is 15.9 Å². The third kappa shape index (κ3) is 6.22. The summed E-state index contributed by atoms with van der Waals surface area (Å²) in [6, 6.07) is 4.21. The van der Waals surface area contributed by atoms with Gasteiger partial charge in [-0.25, -0.2) is 0 Å². The van der Waals surface area contributed by atoms with Gasteiger partial charge in [-0.2, -0.15) is 0 Å². The van der Waals surface area contributed by atoms with Gasteiger partial charge < -0.3 is 11.1 Å². The summed E-state index contributed by atoms with van der Waals surface area (Å²) in [7, 11) is 0. The lowest BCUT2D eigenvalue weighted by molar-refractivity contribution is -0.385. The molecule has 116 valence electrons. The molecule has 1 amide bonds. The molecule has 0 aromatic heterocycles. The number of halogens is 1. The fourth-order valence-corrected chi connectivity index (χ4v) is 2.43. The molecule has 0 aliphatic rings. The molecule has 0 fully saturated rings. The van der Waals surface area contributed by atoms with Crippen LogP contribution in [-0.2, 0) is 4.79 Å². The van der Waals surface area contributed by atoms with E-state index in [0.29, 0.717) is 10.2 Å². The smallest absolute Gasteiger partial charge is 0.285 e. The second kappa shape index (κ2) is 7.00. The van der Waals surface area contributed by atoms with Gasteiger partial charge in [0.15, 0.2) is 0 Å². The fraction of sp³-hybridized carbons (Fsp3) is 0.500. The molecule has 0 saturated heterocycles. The number of rotatable bonds is 5. The van der Waals surface area contributed by atoms with Crippen LogP contribution in [0.4, 0.5) is 11.4 Å². The Balaban J connectivity index is 2.67. The van der Waals surface area contributed by atoms with Gasteiger partial charge in [-0.05, 0) is 39.9 Å². The first-order valence-corrected chi connectivity index (χ1v) is 7.37. The lowest BCUT2D eigenvalue weighted by Crippen LogP contribution is -2.31. The monoisotopic (exact) mass is 357 g/mol. The van der Waals surface area contributed by atoms with Gasteiger partial charge in [0.25, 0.3) is 5.69 Å². The third-order valence-electron chi connectivity index (χ3n) is 2.75. The van der Waals surface area contributed by atoms with E-state index < -0.39 is 4.92 Å². The molecule has 0 spiro atoms. The Kier molecular flexibility index (Phi) is 5.86. The van der Waals surface area contributed by atoms with Crippen molar-refractivity contribution >= 4 is 33.2 Å². The van der Waals surface area contributed by atoms with Crippen LogP contribution < -0.4 is 11.1 Å². The molecule has 0 saturated carbocycles. The Labute approximate surface area is 132 Å². The van der Waals surface area contributed by atoms with Crippen LogP contribution in [0.3, 0.4) is 0 Å². The lowest BCUT2D eigenvalue weighted by atomic mass is 9.87. The van der Waals surface area contributed by atoms with Crippen LogP contribution in [0.25, 0.3) is 0 Å². The van der Waals surface area contributed by atoms with E-state index in [4.69, 9.17) is 5.73 Å². The molecule has 21 heavy (non-hydrogen) atoms. The van der Waals surface area contributed by atoms with Gasteiger partial charge in [-0.15, -0.1) is 0 Å². The van der Waals surface area contributed by atoms with Gasteiger partial charge in [0.05, 0.1) is 9.40 Å². The molecule has 0 bridgehead atoms. The number of nitrogens with zero attached hydrogens (tertiary/aromatic N) is 1. The minimum absolute atomic E-state index is 0.0517. The Morgan fingerprint density at radius 1 is 1.48 bits per heavy atom. The predicted molar refractivity (Wildman–Crippen MR) is 86.1 cm³/mol. The molecule has 0 aliphatic carbocycles. The van der Waals surface area contributed by atoms with E-state index in [-0.39, 0.29) is 29.5 Å². The summed E-state index contributed by atoms with van der Waals surface area (Å²) in [4.78, 5) is 22.2. The largest absolute Gasteiger partial charge is 0.327 e. The van der Waals surface area contributed by atoms with Crippen molar-refractivity contribution in [2.75, 3.05) is 5.32 Å². The minimum atomic E-state index is -0.509. The van der Waals surface area contributed by atoms with Crippen LogP contribution in [0.5, 0.6) is 0 Å². The molecule has 0 heterocycles. The first-order valence-electron chi connectivity index (χ1n) is 6.58. The summed E-state index contributed by atoms with van der Waals surface area (Å²) >= 11 is 3.10. The molecular weight excluding hydrogens is 338 g/mol. The van der Waals surface area contributed by atoms with E-state index in [2.05, 4.69) is 42.0 Å². The van der Waals surface area contributed by atoms with Gasteiger partial charge in [-0.1, -0.05) is 20.8 Å². The summed E-state index contributed by atoms with van der Waals surface area (Å²) in [6.45, 7) is 6.18. The van der Waals surface area contributed by atoms with E-state index in [1.807, 2.05) is 0 Å². The maximum absolute atomic E-state index is 11.9. The molecule has 3 N–H and O–H groups in total. The number of carbonyl (C=O) groups is 1. The number of hydrogen-bond donors (Lipinski definition) is 2. The number of nitro groups is 1. The van der Waals surface area contributed by atoms with Crippen LogP contribution in [-0.4, -0.2) is 16.9 Å². The summed E-state index contributed by atoms with van der Waals surface area (Å²) in [5, 5.41) is 13.5. The number of benzene rings is 1. The second-order valence-corrected chi connectivity index (χ2v) is 7.05. The standard InChI is InChI=1S/C14H20BrN3O3/c1-14(2,3)8-9(16)6-13(19)17-10-4-5-11(15)12(7-10)18(20)21/h4-5,7,9H,6,8,16H2,1-3H3,(H,17,19). The van der Waals surface area contributed by atoms with Crippen molar-refractivity contribution in [1.82, 2.24) is 0 Å². The number of carbonyl (C=O) groups excluding carboxylic acids is 1. The molecule has 1 unspecified atom stereocenters. The van der Waals surface area contributed by atoms with E-state index in [0.717, 1.165) is 6.42 Å². The lowest BCUT2D eigenvalue weighted by Gasteiger charge is -2.22. The Morgan fingerprint density at radius 3 is 2.62 bits per heavy atom. The van der Waals surface area contributed by atoms with Gasteiger partial charge in [0, 0.05) is 24.2 Å². The first-order chi connectivity index (χ1) is 9.58. The molecule has 6 nitrogen and oxygen atoms in total. The van der Waals surface area contributed by atoms with E-state index in [1.54, 1.807) is 6.07 Å². The highest BCUT2D eigenvalue weighted by molar-refractivity contribution is 9.10. The maximum Gasteiger partial charge on any atom is 0.285 e. The summed E-state index contributed by atoms with van der Waals surface area (Å²) in [5.41, 5.74) is 6.29. The normalized spacial score (nSPS) is 12.8. The van der Waals surface area contributed by atoms with Crippen LogP contribution in [0.15, 0.2) is 22.7 Å². The zero-order valence-corrected chi connectivity index (χ0v) is 13.9. The van der Waals surface area contributed by atoms with Crippen LogP contribution in [0.1, 0.15) is 33.6 Å². The SMILES string of the molecule is CC(C)(C)CC(N)CC(=O)Nc1ccc(Br)c([N+](=O)[O-])c1. The Hall–Kier alpha value is -1.47. The second-order valence-electron chi connectivity index (χ2n) is 6.20. The summed E-state index contributed by atoms with van der Waals surface area (Å²) < 4.78 is 0.370. The van der Waals surface area contributed by atoms with Crippen molar-refractivity contribution in [3.8, 4) is 0 Å². The molecular formula is C14H20BrN3O3. The predicted octanol–water partition coefficient (Wildman–Crippen LogP) is 3.45. The van der Waals surface area contributed by atoms with Gasteiger partial charge in [-0.3, -0.25) is 14.9 Å².